The highest BCUT2D eigenvalue weighted by atomic mass is 32.1. The van der Waals surface area contributed by atoms with Gasteiger partial charge in [-0.15, -0.1) is 0 Å². The zero-order valence-corrected chi connectivity index (χ0v) is 9.62. The molecule has 7 nitrogen and oxygen atoms in total. The molecule has 2 heterocycles. The lowest BCUT2D eigenvalue weighted by molar-refractivity contribution is -0.0540. The SMILES string of the molecule is Nc1ccn([C@@H]2O[C@H](CO)[C@@H](O)[C@@H]2O)c(=S)n1. The average Bonchev–Trinajstić information content (AvgIpc) is 2.57. The number of ether oxygens (including phenoxy) is 1. The Labute approximate surface area is 102 Å². The summed E-state index contributed by atoms with van der Waals surface area (Å²) in [6.07, 6.45) is -2.53. The van der Waals surface area contributed by atoms with Crippen molar-refractivity contribution in [2.24, 2.45) is 0 Å². The van der Waals surface area contributed by atoms with E-state index in [1.165, 1.54) is 16.8 Å². The molecule has 1 aliphatic heterocycles. The first-order valence-electron chi connectivity index (χ1n) is 5.01. The van der Waals surface area contributed by atoms with E-state index in [0.717, 1.165) is 0 Å². The fraction of sp³-hybridized carbons (Fsp3) is 0.556. The molecule has 4 atom stereocenters. The number of nitrogens with two attached hydrogens (primary N) is 1. The zero-order chi connectivity index (χ0) is 12.6. The predicted molar refractivity (Wildman–Crippen MR) is 60.5 cm³/mol. The molecule has 1 aliphatic rings. The molecule has 0 spiro atoms. The van der Waals surface area contributed by atoms with Crippen molar-refractivity contribution < 1.29 is 20.1 Å². The second kappa shape index (κ2) is 4.67. The Morgan fingerprint density at radius 2 is 2.18 bits per heavy atom. The van der Waals surface area contributed by atoms with Gasteiger partial charge in [-0.1, -0.05) is 0 Å². The van der Waals surface area contributed by atoms with Crippen molar-refractivity contribution in [3.8, 4) is 0 Å². The molecular weight excluding hydrogens is 246 g/mol. The molecule has 17 heavy (non-hydrogen) atoms. The molecule has 1 aromatic heterocycles. The fourth-order valence-electron chi connectivity index (χ4n) is 1.73. The van der Waals surface area contributed by atoms with E-state index < -0.39 is 24.5 Å². The summed E-state index contributed by atoms with van der Waals surface area (Å²) in [7, 11) is 0. The van der Waals surface area contributed by atoms with Crippen LogP contribution in [0.3, 0.4) is 0 Å². The van der Waals surface area contributed by atoms with E-state index >= 15 is 0 Å². The molecular formula is C9H13N3O4S. The van der Waals surface area contributed by atoms with Gasteiger partial charge in [0.05, 0.1) is 6.61 Å². The molecule has 0 radical (unpaired) electrons. The van der Waals surface area contributed by atoms with E-state index in [2.05, 4.69) is 4.98 Å². The van der Waals surface area contributed by atoms with E-state index in [4.69, 9.17) is 27.8 Å². The molecule has 0 aromatic carbocycles. The summed E-state index contributed by atoms with van der Waals surface area (Å²) in [5.74, 6) is 0.262. The summed E-state index contributed by atoms with van der Waals surface area (Å²) < 4.78 is 6.83. The Bertz CT molecular complexity index is 466. The van der Waals surface area contributed by atoms with Crippen molar-refractivity contribution in [2.45, 2.75) is 24.5 Å². The Morgan fingerprint density at radius 3 is 2.71 bits per heavy atom. The lowest BCUT2D eigenvalue weighted by Gasteiger charge is -2.18. The summed E-state index contributed by atoms with van der Waals surface area (Å²) in [6, 6.07) is 1.50. The van der Waals surface area contributed by atoms with Gasteiger partial charge in [0.2, 0.25) is 4.77 Å². The number of rotatable bonds is 2. The maximum Gasteiger partial charge on any atom is 0.203 e. The molecule has 0 amide bonds. The van der Waals surface area contributed by atoms with Crippen molar-refractivity contribution in [1.82, 2.24) is 9.55 Å². The third kappa shape index (κ3) is 2.17. The number of aliphatic hydroxyl groups excluding tert-OH is 3. The van der Waals surface area contributed by atoms with E-state index in [1.807, 2.05) is 0 Å². The van der Waals surface area contributed by atoms with Crippen LogP contribution in [0.1, 0.15) is 6.23 Å². The van der Waals surface area contributed by atoms with Crippen LogP contribution in [-0.2, 0) is 4.74 Å². The summed E-state index contributed by atoms with van der Waals surface area (Å²) >= 11 is 4.98. The van der Waals surface area contributed by atoms with Crippen LogP contribution in [0.2, 0.25) is 0 Å². The number of hydrogen-bond acceptors (Lipinski definition) is 7. The van der Waals surface area contributed by atoms with Gasteiger partial charge in [0.1, 0.15) is 24.1 Å². The molecule has 94 valence electrons. The van der Waals surface area contributed by atoms with Gasteiger partial charge in [0.25, 0.3) is 0 Å². The van der Waals surface area contributed by atoms with Crippen LogP contribution in [0.5, 0.6) is 0 Å². The number of hydrogen-bond donors (Lipinski definition) is 4. The van der Waals surface area contributed by atoms with Crippen LogP contribution in [-0.4, -0.2) is 49.8 Å². The summed E-state index contributed by atoms with van der Waals surface area (Å²) in [5.41, 5.74) is 5.46. The first kappa shape index (κ1) is 12.4. The molecule has 8 heteroatoms. The molecule has 0 saturated carbocycles. The normalized spacial score (nSPS) is 32.9. The predicted octanol–water partition coefficient (Wildman–Crippen LogP) is -1.19. The largest absolute Gasteiger partial charge is 0.394 e. The van der Waals surface area contributed by atoms with Gasteiger partial charge in [-0.25, -0.2) is 4.98 Å². The van der Waals surface area contributed by atoms with Crippen LogP contribution in [0.4, 0.5) is 5.82 Å². The maximum atomic E-state index is 9.79. The van der Waals surface area contributed by atoms with Crippen molar-refractivity contribution in [3.05, 3.63) is 17.0 Å². The number of aromatic nitrogens is 2. The molecule has 1 saturated heterocycles. The highest BCUT2D eigenvalue weighted by Crippen LogP contribution is 2.29. The number of anilines is 1. The van der Waals surface area contributed by atoms with E-state index in [-0.39, 0.29) is 17.2 Å². The minimum Gasteiger partial charge on any atom is -0.394 e. The van der Waals surface area contributed by atoms with Crippen LogP contribution in [0, 0.1) is 4.77 Å². The highest BCUT2D eigenvalue weighted by Gasteiger charge is 2.43. The molecule has 1 fully saturated rings. The monoisotopic (exact) mass is 259 g/mol. The summed E-state index contributed by atoms with van der Waals surface area (Å²) in [6.45, 7) is -0.384. The smallest absolute Gasteiger partial charge is 0.203 e. The Kier molecular flexibility index (Phi) is 3.40. The number of nitrogen functional groups attached to an aromatic ring is 1. The maximum absolute atomic E-state index is 9.79. The van der Waals surface area contributed by atoms with Gasteiger partial charge < -0.3 is 25.8 Å². The molecule has 0 unspecified atom stereocenters. The van der Waals surface area contributed by atoms with Crippen LogP contribution < -0.4 is 5.73 Å². The van der Waals surface area contributed by atoms with Gasteiger partial charge in [-0.2, -0.15) is 0 Å². The molecule has 0 aliphatic carbocycles. The molecule has 1 aromatic rings. The van der Waals surface area contributed by atoms with Gasteiger partial charge in [0, 0.05) is 6.20 Å². The van der Waals surface area contributed by atoms with Gasteiger partial charge >= 0.3 is 0 Å². The lowest BCUT2D eigenvalue weighted by Crippen LogP contribution is -2.33. The minimum atomic E-state index is -1.18. The van der Waals surface area contributed by atoms with Crippen LogP contribution in [0.25, 0.3) is 0 Å². The van der Waals surface area contributed by atoms with Crippen molar-refractivity contribution >= 4 is 18.0 Å². The van der Waals surface area contributed by atoms with Crippen molar-refractivity contribution in [2.75, 3.05) is 12.3 Å². The third-order valence-corrected chi connectivity index (χ3v) is 2.94. The molecule has 2 rings (SSSR count). The zero-order valence-electron chi connectivity index (χ0n) is 8.80. The highest BCUT2D eigenvalue weighted by molar-refractivity contribution is 7.71. The van der Waals surface area contributed by atoms with E-state index in [9.17, 15) is 10.2 Å². The van der Waals surface area contributed by atoms with Gasteiger partial charge in [-0.3, -0.25) is 4.57 Å². The second-order valence-corrected chi connectivity index (χ2v) is 4.14. The van der Waals surface area contributed by atoms with Crippen LogP contribution in [0.15, 0.2) is 12.3 Å². The second-order valence-electron chi connectivity index (χ2n) is 3.77. The molecule has 5 N–H and O–H groups in total. The Morgan fingerprint density at radius 1 is 1.47 bits per heavy atom. The van der Waals surface area contributed by atoms with E-state index in [1.54, 1.807) is 0 Å². The topological polar surface area (TPSA) is 114 Å². The first-order valence-corrected chi connectivity index (χ1v) is 5.42. The average molecular weight is 259 g/mol. The number of aliphatic hydroxyl groups is 3. The first-order chi connectivity index (χ1) is 8.04. The van der Waals surface area contributed by atoms with Crippen molar-refractivity contribution in [3.63, 3.8) is 0 Å². The lowest BCUT2D eigenvalue weighted by atomic mass is 10.1. The van der Waals surface area contributed by atoms with Gasteiger partial charge in [0.15, 0.2) is 6.23 Å². The fourth-order valence-corrected chi connectivity index (χ4v) is 2.00. The third-order valence-electron chi connectivity index (χ3n) is 2.64. The quantitative estimate of drug-likeness (QED) is 0.494. The van der Waals surface area contributed by atoms with Gasteiger partial charge in [-0.05, 0) is 18.3 Å². The Hall–Kier alpha value is -1.06. The summed E-state index contributed by atoms with van der Waals surface area (Å²) in [5, 5.41) is 28.4. The van der Waals surface area contributed by atoms with Crippen molar-refractivity contribution in [1.29, 1.82) is 0 Å². The van der Waals surface area contributed by atoms with E-state index in [0.29, 0.717) is 0 Å². The molecule has 0 bridgehead atoms. The summed E-state index contributed by atoms with van der Waals surface area (Å²) in [4.78, 5) is 3.85. The number of nitrogens with zero attached hydrogens (tertiary/aromatic N) is 2. The van der Waals surface area contributed by atoms with Crippen LogP contribution >= 0.6 is 12.2 Å². The minimum absolute atomic E-state index is 0.139. The standard InChI is InChI=1S/C9H13N3O4S/c10-5-1-2-12(9(17)11-5)8-7(15)6(14)4(3-13)16-8/h1-2,4,6-8,13-15H,3H2,(H2,10,11,17)/t4-,6-,7+,8-/m1/s1. The Balaban J connectivity index is 2.32.